The molecule has 10 heteroatoms. The van der Waals surface area contributed by atoms with Crippen LogP contribution in [0, 0.1) is 0 Å². The van der Waals surface area contributed by atoms with E-state index in [1.165, 1.54) is 0 Å². The van der Waals surface area contributed by atoms with Gasteiger partial charge >= 0.3 is 6.09 Å². The molecule has 0 aromatic carbocycles. The highest BCUT2D eigenvalue weighted by Crippen LogP contribution is 2.25. The molecule has 0 aliphatic carbocycles. The molecular weight excluding hydrogens is 434 g/mol. The zero-order valence-electron chi connectivity index (χ0n) is 19.9. The van der Waals surface area contributed by atoms with Crippen LogP contribution in [0.3, 0.4) is 0 Å². The van der Waals surface area contributed by atoms with E-state index in [9.17, 15) is 9.59 Å². The molecule has 4 heterocycles. The summed E-state index contributed by atoms with van der Waals surface area (Å²) in [5, 5.41) is 7.38. The summed E-state index contributed by atoms with van der Waals surface area (Å²) < 4.78 is 7.10. The number of aryl methyl sites for hydroxylation is 1. The molecule has 1 saturated heterocycles. The van der Waals surface area contributed by atoms with Crippen molar-refractivity contribution < 1.29 is 14.3 Å². The fourth-order valence-corrected chi connectivity index (χ4v) is 3.64. The molecule has 0 radical (unpaired) electrons. The van der Waals surface area contributed by atoms with E-state index >= 15 is 0 Å². The van der Waals surface area contributed by atoms with Gasteiger partial charge in [-0.05, 0) is 45.0 Å². The van der Waals surface area contributed by atoms with Gasteiger partial charge in [0.15, 0.2) is 0 Å². The molecular formula is C24H29N7O3. The van der Waals surface area contributed by atoms with Gasteiger partial charge in [0.1, 0.15) is 17.1 Å². The Labute approximate surface area is 198 Å². The van der Waals surface area contributed by atoms with E-state index in [1.54, 1.807) is 47.4 Å². The number of nitrogens with one attached hydrogen (secondary N) is 1. The number of piperazine rings is 1. The average Bonchev–Trinajstić information content (AvgIpc) is 3.18. The molecule has 3 aromatic rings. The molecule has 1 aliphatic rings. The Kier molecular flexibility index (Phi) is 6.49. The van der Waals surface area contributed by atoms with Crippen LogP contribution in [-0.4, -0.2) is 68.4 Å². The second-order valence-corrected chi connectivity index (χ2v) is 9.09. The standard InChI is InChI=1S/C24H29N7O3/c1-24(2,3)34-23(33)31-13-11-30(12-14-31)20-15-17(8-10-26-20)22(32)27-19-16-29(4)28-21(19)18-7-5-6-9-25-18/h5-10,15-16H,11-14H2,1-4H3,(H,27,32). The third kappa shape index (κ3) is 5.51. The van der Waals surface area contributed by atoms with Crippen molar-refractivity contribution in [3.8, 4) is 11.4 Å². The zero-order valence-corrected chi connectivity index (χ0v) is 19.9. The maximum absolute atomic E-state index is 13.0. The number of aromatic nitrogens is 4. The molecule has 3 aromatic heterocycles. The van der Waals surface area contributed by atoms with Gasteiger partial charge in [-0.25, -0.2) is 9.78 Å². The highest BCUT2D eigenvalue weighted by atomic mass is 16.6. The number of amides is 2. The average molecular weight is 464 g/mol. The van der Waals surface area contributed by atoms with Crippen molar-refractivity contribution in [2.75, 3.05) is 36.4 Å². The molecule has 34 heavy (non-hydrogen) atoms. The van der Waals surface area contributed by atoms with E-state index in [0.717, 1.165) is 0 Å². The predicted molar refractivity (Wildman–Crippen MR) is 129 cm³/mol. The van der Waals surface area contributed by atoms with E-state index in [4.69, 9.17) is 4.74 Å². The maximum atomic E-state index is 13.0. The predicted octanol–water partition coefficient (Wildman–Crippen LogP) is 3.19. The van der Waals surface area contributed by atoms with Gasteiger partial charge < -0.3 is 19.9 Å². The van der Waals surface area contributed by atoms with Gasteiger partial charge in [-0.3, -0.25) is 14.5 Å². The number of carbonyl (C=O) groups excluding carboxylic acids is 2. The summed E-state index contributed by atoms with van der Waals surface area (Å²) in [6, 6.07) is 8.98. The van der Waals surface area contributed by atoms with Gasteiger partial charge in [-0.15, -0.1) is 0 Å². The third-order valence-corrected chi connectivity index (χ3v) is 5.25. The Hall–Kier alpha value is -3.95. The van der Waals surface area contributed by atoms with Crippen molar-refractivity contribution in [2.24, 2.45) is 7.05 Å². The number of pyridine rings is 2. The van der Waals surface area contributed by atoms with E-state index in [0.29, 0.717) is 54.6 Å². The Morgan fingerprint density at radius 3 is 2.47 bits per heavy atom. The molecule has 1 fully saturated rings. The number of anilines is 2. The minimum absolute atomic E-state index is 0.263. The van der Waals surface area contributed by atoms with E-state index in [2.05, 4.69) is 25.3 Å². The van der Waals surface area contributed by atoms with Gasteiger partial charge in [0.05, 0.1) is 11.4 Å². The van der Waals surface area contributed by atoms with Crippen LogP contribution in [0.4, 0.5) is 16.3 Å². The smallest absolute Gasteiger partial charge is 0.410 e. The second kappa shape index (κ2) is 9.50. The molecule has 0 spiro atoms. The van der Waals surface area contributed by atoms with Crippen LogP contribution < -0.4 is 10.2 Å². The lowest BCUT2D eigenvalue weighted by molar-refractivity contribution is 0.0240. The number of ether oxygens (including phenoxy) is 1. The van der Waals surface area contributed by atoms with Crippen molar-refractivity contribution in [3.05, 3.63) is 54.5 Å². The molecule has 10 nitrogen and oxygen atoms in total. The Balaban J connectivity index is 1.43. The van der Waals surface area contributed by atoms with Crippen molar-refractivity contribution in [3.63, 3.8) is 0 Å². The first-order chi connectivity index (χ1) is 16.2. The highest BCUT2D eigenvalue weighted by molar-refractivity contribution is 6.06. The van der Waals surface area contributed by atoms with Crippen molar-refractivity contribution in [1.82, 2.24) is 24.6 Å². The summed E-state index contributed by atoms with van der Waals surface area (Å²) >= 11 is 0. The fraction of sp³-hybridized carbons (Fsp3) is 0.375. The molecule has 1 aliphatic heterocycles. The Bertz CT molecular complexity index is 1160. The maximum Gasteiger partial charge on any atom is 0.410 e. The summed E-state index contributed by atoms with van der Waals surface area (Å²) in [6.07, 6.45) is 4.74. The van der Waals surface area contributed by atoms with Crippen LogP contribution >= 0.6 is 0 Å². The number of rotatable bonds is 4. The van der Waals surface area contributed by atoms with Crippen LogP contribution in [0.25, 0.3) is 11.4 Å². The molecule has 2 amide bonds. The summed E-state index contributed by atoms with van der Waals surface area (Å²) in [7, 11) is 1.80. The first kappa shape index (κ1) is 23.2. The topological polar surface area (TPSA) is 105 Å². The lowest BCUT2D eigenvalue weighted by Gasteiger charge is -2.36. The minimum atomic E-state index is -0.526. The minimum Gasteiger partial charge on any atom is -0.444 e. The molecule has 0 bridgehead atoms. The number of hydrogen-bond acceptors (Lipinski definition) is 7. The van der Waals surface area contributed by atoms with E-state index in [1.807, 2.05) is 39.0 Å². The monoisotopic (exact) mass is 463 g/mol. The Morgan fingerprint density at radius 2 is 1.79 bits per heavy atom. The first-order valence-corrected chi connectivity index (χ1v) is 11.1. The Morgan fingerprint density at radius 1 is 1.03 bits per heavy atom. The van der Waals surface area contributed by atoms with Crippen LogP contribution in [0.1, 0.15) is 31.1 Å². The summed E-state index contributed by atoms with van der Waals surface area (Å²) in [5.74, 6) is 0.425. The summed E-state index contributed by atoms with van der Waals surface area (Å²) in [4.78, 5) is 37.9. The largest absolute Gasteiger partial charge is 0.444 e. The van der Waals surface area contributed by atoms with Crippen LogP contribution in [0.5, 0.6) is 0 Å². The lowest BCUT2D eigenvalue weighted by Crippen LogP contribution is -2.50. The van der Waals surface area contributed by atoms with Gasteiger partial charge in [-0.1, -0.05) is 6.07 Å². The van der Waals surface area contributed by atoms with Crippen LogP contribution in [0.15, 0.2) is 48.9 Å². The van der Waals surface area contributed by atoms with Gasteiger partial charge in [-0.2, -0.15) is 5.10 Å². The highest BCUT2D eigenvalue weighted by Gasteiger charge is 2.26. The normalized spacial score (nSPS) is 14.1. The van der Waals surface area contributed by atoms with Crippen LogP contribution in [0.2, 0.25) is 0 Å². The van der Waals surface area contributed by atoms with Gasteiger partial charge in [0.25, 0.3) is 5.91 Å². The van der Waals surface area contributed by atoms with E-state index in [-0.39, 0.29) is 12.0 Å². The van der Waals surface area contributed by atoms with Gasteiger partial charge in [0.2, 0.25) is 0 Å². The van der Waals surface area contributed by atoms with E-state index < -0.39 is 5.60 Å². The molecule has 0 atom stereocenters. The molecule has 1 N–H and O–H groups in total. The number of nitrogens with zero attached hydrogens (tertiary/aromatic N) is 6. The lowest BCUT2D eigenvalue weighted by atomic mass is 10.2. The third-order valence-electron chi connectivity index (χ3n) is 5.25. The first-order valence-electron chi connectivity index (χ1n) is 11.1. The second-order valence-electron chi connectivity index (χ2n) is 9.09. The number of carbonyl (C=O) groups is 2. The quantitative estimate of drug-likeness (QED) is 0.633. The van der Waals surface area contributed by atoms with Crippen LogP contribution in [-0.2, 0) is 11.8 Å². The molecule has 0 saturated carbocycles. The summed E-state index contributed by atoms with van der Waals surface area (Å²) in [5.41, 5.74) is 1.81. The summed E-state index contributed by atoms with van der Waals surface area (Å²) in [6.45, 7) is 7.81. The van der Waals surface area contributed by atoms with Crippen molar-refractivity contribution in [2.45, 2.75) is 26.4 Å². The van der Waals surface area contributed by atoms with Crippen molar-refractivity contribution in [1.29, 1.82) is 0 Å². The molecule has 178 valence electrons. The molecule has 0 unspecified atom stereocenters. The van der Waals surface area contributed by atoms with Crippen molar-refractivity contribution >= 4 is 23.5 Å². The fourth-order valence-electron chi connectivity index (χ4n) is 3.64. The zero-order chi connectivity index (χ0) is 24.3. The van der Waals surface area contributed by atoms with Gasteiger partial charge in [0, 0.05) is 57.4 Å². The molecule has 4 rings (SSSR count). The number of hydrogen-bond donors (Lipinski definition) is 1. The SMILES string of the molecule is Cn1cc(NC(=O)c2ccnc(N3CCN(C(=O)OC(C)(C)C)CC3)c2)c(-c2ccccn2)n1.